The lowest BCUT2D eigenvalue weighted by molar-refractivity contribution is 0.103. The van der Waals surface area contributed by atoms with Gasteiger partial charge in [0.2, 0.25) is 0 Å². The van der Waals surface area contributed by atoms with E-state index in [4.69, 9.17) is 21.0 Å². The Balaban J connectivity index is 2.51. The van der Waals surface area contributed by atoms with Gasteiger partial charge in [0.15, 0.2) is 5.78 Å². The molecule has 5 heteroatoms. The fraction of sp³-hybridized carbons (Fsp3) is 0. The first-order valence-corrected chi connectivity index (χ1v) is 6.07. The van der Waals surface area contributed by atoms with Gasteiger partial charge >= 0.3 is 0 Å². The van der Waals surface area contributed by atoms with E-state index in [2.05, 4.69) is 0 Å². The summed E-state index contributed by atoms with van der Waals surface area (Å²) in [6, 6.07) is 15.9. The molecule has 22 heavy (non-hydrogen) atoms. The molecule has 0 aliphatic rings. The Kier molecular flexibility index (Phi) is 3.96. The number of hydrogen-bond acceptors (Lipinski definition) is 5. The van der Waals surface area contributed by atoms with Crippen molar-refractivity contribution in [2.24, 2.45) is 0 Å². The smallest absolute Gasteiger partial charge is 0.193 e. The Morgan fingerprint density at radius 1 is 0.636 bits per heavy atom. The molecule has 2 aromatic rings. The second-order valence-electron chi connectivity index (χ2n) is 4.30. The van der Waals surface area contributed by atoms with Gasteiger partial charge in [-0.25, -0.2) is 0 Å². The summed E-state index contributed by atoms with van der Waals surface area (Å²) in [6.07, 6.45) is 0. The molecule has 0 atom stereocenters. The van der Waals surface area contributed by atoms with Crippen LogP contribution in [0.5, 0.6) is 0 Å². The van der Waals surface area contributed by atoms with Gasteiger partial charge in [0.1, 0.15) is 24.3 Å². The van der Waals surface area contributed by atoms with Crippen LogP contribution in [-0.4, -0.2) is 5.78 Å². The lowest BCUT2D eigenvalue weighted by Gasteiger charge is -2.04. The van der Waals surface area contributed by atoms with Crippen LogP contribution in [0.2, 0.25) is 0 Å². The van der Waals surface area contributed by atoms with Gasteiger partial charge in [-0.05, 0) is 36.4 Å². The molecule has 0 aliphatic carbocycles. The highest BCUT2D eigenvalue weighted by Gasteiger charge is 2.14. The fourth-order valence-electron chi connectivity index (χ4n) is 1.92. The summed E-state index contributed by atoms with van der Waals surface area (Å²) in [5, 5.41) is 35.7. The maximum absolute atomic E-state index is 12.4. The van der Waals surface area contributed by atoms with E-state index in [1.807, 2.05) is 24.3 Å². The summed E-state index contributed by atoms with van der Waals surface area (Å²) in [5.74, 6) is -0.387. The summed E-state index contributed by atoms with van der Waals surface area (Å²) in [7, 11) is 0. The Morgan fingerprint density at radius 3 is 1.32 bits per heavy atom. The van der Waals surface area contributed by atoms with Crippen molar-refractivity contribution in [3.8, 4) is 24.3 Å². The zero-order valence-corrected chi connectivity index (χ0v) is 11.2. The van der Waals surface area contributed by atoms with Crippen LogP contribution in [0.15, 0.2) is 36.4 Å². The largest absolute Gasteiger partial charge is 0.289 e. The van der Waals surface area contributed by atoms with Crippen LogP contribution in [0.3, 0.4) is 0 Å². The summed E-state index contributed by atoms with van der Waals surface area (Å²) in [4.78, 5) is 12.4. The van der Waals surface area contributed by atoms with Crippen molar-refractivity contribution < 1.29 is 4.79 Å². The number of nitrogens with zero attached hydrogens (tertiary/aromatic N) is 4. The standard InChI is InChI=1S/C17H6N4O/c18-7-13-3-1-11(5-15(13)9-20)17(22)12-2-4-14(8-19)16(6-12)10-21/h1-6H. The van der Waals surface area contributed by atoms with E-state index in [1.165, 1.54) is 36.4 Å². The highest BCUT2D eigenvalue weighted by atomic mass is 16.1. The first-order chi connectivity index (χ1) is 10.6. The maximum Gasteiger partial charge on any atom is 0.193 e. The molecule has 0 aromatic heterocycles. The SMILES string of the molecule is N#Cc1ccc(C(=O)c2ccc(C#N)c(C#N)c2)cc1C#N. The quantitative estimate of drug-likeness (QED) is 0.785. The molecule has 0 aliphatic heterocycles. The van der Waals surface area contributed by atoms with Gasteiger partial charge in [-0.2, -0.15) is 21.0 Å². The van der Waals surface area contributed by atoms with E-state index in [9.17, 15) is 4.79 Å². The molecule has 0 N–H and O–H groups in total. The van der Waals surface area contributed by atoms with Crippen molar-refractivity contribution in [3.63, 3.8) is 0 Å². The molecule has 0 saturated carbocycles. The van der Waals surface area contributed by atoms with Gasteiger partial charge < -0.3 is 0 Å². The zero-order chi connectivity index (χ0) is 16.1. The fourth-order valence-corrected chi connectivity index (χ4v) is 1.92. The predicted molar refractivity (Wildman–Crippen MR) is 75.2 cm³/mol. The topological polar surface area (TPSA) is 112 Å². The third kappa shape index (κ3) is 2.52. The first-order valence-electron chi connectivity index (χ1n) is 6.07. The molecule has 0 amide bonds. The van der Waals surface area contributed by atoms with Gasteiger partial charge in [-0.15, -0.1) is 0 Å². The molecule has 2 rings (SSSR count). The lowest BCUT2D eigenvalue weighted by atomic mass is 9.96. The molecule has 100 valence electrons. The van der Waals surface area contributed by atoms with Crippen LogP contribution in [0.1, 0.15) is 38.2 Å². The van der Waals surface area contributed by atoms with E-state index in [0.717, 1.165) is 0 Å². The third-order valence-electron chi connectivity index (χ3n) is 3.05. The van der Waals surface area contributed by atoms with Gasteiger partial charge in [0, 0.05) is 11.1 Å². The van der Waals surface area contributed by atoms with Crippen LogP contribution in [0, 0.1) is 45.3 Å². The van der Waals surface area contributed by atoms with E-state index in [-0.39, 0.29) is 39.2 Å². The normalized spacial score (nSPS) is 8.91. The lowest BCUT2D eigenvalue weighted by Crippen LogP contribution is -2.03. The molecule has 0 spiro atoms. The summed E-state index contributed by atoms with van der Waals surface area (Å²) >= 11 is 0. The minimum absolute atomic E-state index is 0.113. The molecule has 2 aromatic carbocycles. The second kappa shape index (κ2) is 6.02. The van der Waals surface area contributed by atoms with Crippen molar-refractivity contribution in [2.75, 3.05) is 0 Å². The number of carbonyl (C=O) groups is 1. The van der Waals surface area contributed by atoms with E-state index >= 15 is 0 Å². The predicted octanol–water partition coefficient (Wildman–Crippen LogP) is 2.40. The van der Waals surface area contributed by atoms with Crippen LogP contribution < -0.4 is 0 Å². The van der Waals surface area contributed by atoms with Gasteiger partial charge in [0.25, 0.3) is 0 Å². The van der Waals surface area contributed by atoms with Gasteiger partial charge in [-0.1, -0.05) is 0 Å². The number of ketones is 1. The Morgan fingerprint density at radius 2 is 1.00 bits per heavy atom. The molecule has 0 heterocycles. The highest BCUT2D eigenvalue weighted by Crippen LogP contribution is 2.17. The Hall–Kier alpha value is -3.93. The summed E-state index contributed by atoms with van der Waals surface area (Å²) < 4.78 is 0. The zero-order valence-electron chi connectivity index (χ0n) is 11.2. The average molecular weight is 282 g/mol. The minimum atomic E-state index is -0.387. The maximum atomic E-state index is 12.4. The van der Waals surface area contributed by atoms with Crippen LogP contribution in [0.4, 0.5) is 0 Å². The monoisotopic (exact) mass is 282 g/mol. The molecular formula is C17H6N4O. The highest BCUT2D eigenvalue weighted by molar-refractivity contribution is 6.09. The van der Waals surface area contributed by atoms with Crippen molar-refractivity contribution in [1.29, 1.82) is 21.0 Å². The molecular weight excluding hydrogens is 276 g/mol. The minimum Gasteiger partial charge on any atom is -0.289 e. The molecule has 5 nitrogen and oxygen atoms in total. The van der Waals surface area contributed by atoms with E-state index < -0.39 is 0 Å². The van der Waals surface area contributed by atoms with Crippen molar-refractivity contribution >= 4 is 5.78 Å². The Labute approximate surface area is 126 Å². The van der Waals surface area contributed by atoms with E-state index in [1.54, 1.807) is 0 Å². The summed E-state index contributed by atoms with van der Waals surface area (Å²) in [6.45, 7) is 0. The second-order valence-corrected chi connectivity index (χ2v) is 4.30. The van der Waals surface area contributed by atoms with Gasteiger partial charge in [-0.3, -0.25) is 4.79 Å². The van der Waals surface area contributed by atoms with Crippen LogP contribution in [0.25, 0.3) is 0 Å². The molecule has 0 radical (unpaired) electrons. The number of benzene rings is 2. The number of carbonyl (C=O) groups excluding carboxylic acids is 1. The average Bonchev–Trinajstić information content (AvgIpc) is 2.59. The summed E-state index contributed by atoms with van der Waals surface area (Å²) in [5.41, 5.74) is 1.09. The number of nitriles is 4. The molecule has 0 bridgehead atoms. The Bertz CT molecular complexity index is 869. The van der Waals surface area contributed by atoms with Crippen molar-refractivity contribution in [3.05, 3.63) is 69.8 Å². The molecule has 0 saturated heterocycles. The number of hydrogen-bond donors (Lipinski definition) is 0. The number of rotatable bonds is 2. The van der Waals surface area contributed by atoms with Crippen LogP contribution >= 0.6 is 0 Å². The van der Waals surface area contributed by atoms with Crippen molar-refractivity contribution in [1.82, 2.24) is 0 Å². The third-order valence-corrected chi connectivity index (χ3v) is 3.05. The van der Waals surface area contributed by atoms with Gasteiger partial charge in [0.05, 0.1) is 22.3 Å². The van der Waals surface area contributed by atoms with E-state index in [0.29, 0.717) is 0 Å². The van der Waals surface area contributed by atoms with Crippen molar-refractivity contribution in [2.45, 2.75) is 0 Å². The van der Waals surface area contributed by atoms with Crippen LogP contribution in [-0.2, 0) is 0 Å². The first kappa shape index (κ1) is 14.5. The molecule has 0 fully saturated rings. The molecule has 0 unspecified atom stereocenters.